The summed E-state index contributed by atoms with van der Waals surface area (Å²) in [6, 6.07) is 7.25. The number of likely N-dealkylation sites (N-methyl/N-ethyl adjacent to an activating group) is 1. The summed E-state index contributed by atoms with van der Waals surface area (Å²) < 4.78 is 86.6. The van der Waals surface area contributed by atoms with E-state index in [-0.39, 0.29) is 31.1 Å². The fourth-order valence-corrected chi connectivity index (χ4v) is 5.48. The second kappa shape index (κ2) is 11.4. The molecule has 2 aliphatic rings. The number of halogens is 7. The number of hydrogen-bond acceptors (Lipinski definition) is 3. The maximum absolute atomic E-state index is 13.9. The van der Waals surface area contributed by atoms with Crippen molar-refractivity contribution < 1.29 is 40.7 Å². The van der Waals surface area contributed by atoms with Gasteiger partial charge in [-0.2, -0.15) is 26.3 Å². The molecule has 2 atom stereocenters. The Kier molecular flexibility index (Phi) is 8.57. The van der Waals surface area contributed by atoms with Crippen LogP contribution in [-0.4, -0.2) is 79.1 Å². The van der Waals surface area contributed by atoms with E-state index in [1.807, 2.05) is 0 Å². The average Bonchev–Trinajstić information content (AvgIpc) is 3.37. The Labute approximate surface area is 238 Å². The molecule has 0 radical (unpaired) electrons. The minimum absolute atomic E-state index is 0.0381. The summed E-state index contributed by atoms with van der Waals surface area (Å²) in [5.41, 5.74) is -4.38. The molecular formula is C28H30ClF6N3O3. The summed E-state index contributed by atoms with van der Waals surface area (Å²) in [5, 5.41) is 0.486. The summed E-state index contributed by atoms with van der Waals surface area (Å²) in [5.74, 6) is -1.07. The molecule has 0 saturated carbocycles. The molecule has 0 unspecified atom stereocenters. The van der Waals surface area contributed by atoms with Crippen molar-refractivity contribution in [2.24, 2.45) is 0 Å². The Balaban J connectivity index is 1.68. The maximum atomic E-state index is 13.9. The quantitative estimate of drug-likeness (QED) is 0.400. The first kappa shape index (κ1) is 31.0. The Bertz CT molecular complexity index is 1240. The number of rotatable bonds is 4. The zero-order chi connectivity index (χ0) is 30.3. The molecule has 4 rings (SSSR count). The van der Waals surface area contributed by atoms with Gasteiger partial charge in [0.25, 0.3) is 0 Å². The molecule has 224 valence electrons. The van der Waals surface area contributed by atoms with Crippen molar-refractivity contribution in [3.05, 3.63) is 69.7 Å². The van der Waals surface area contributed by atoms with Crippen LogP contribution >= 0.6 is 11.6 Å². The van der Waals surface area contributed by atoms with Crippen LogP contribution in [0.5, 0.6) is 0 Å². The average molecular weight is 606 g/mol. The number of hydrogen-bond donors (Lipinski definition) is 0. The molecule has 3 amide bonds. The van der Waals surface area contributed by atoms with E-state index in [0.29, 0.717) is 43.5 Å². The number of carbonyl (C=O) groups excluding carboxylic acids is 2. The van der Waals surface area contributed by atoms with Crippen LogP contribution in [0.25, 0.3) is 0 Å². The Hall–Kier alpha value is -2.99. The van der Waals surface area contributed by atoms with E-state index in [0.717, 1.165) is 5.56 Å². The lowest BCUT2D eigenvalue weighted by atomic mass is 9.80. The van der Waals surface area contributed by atoms with Crippen molar-refractivity contribution in [3.8, 4) is 0 Å². The second-order valence-electron chi connectivity index (χ2n) is 10.8. The molecule has 2 aromatic rings. The molecule has 2 saturated heterocycles. The van der Waals surface area contributed by atoms with E-state index < -0.39 is 46.4 Å². The van der Waals surface area contributed by atoms with Gasteiger partial charge >= 0.3 is 18.4 Å². The third-order valence-electron chi connectivity index (χ3n) is 7.80. The van der Waals surface area contributed by atoms with Crippen LogP contribution in [-0.2, 0) is 27.3 Å². The van der Waals surface area contributed by atoms with Gasteiger partial charge in [0.15, 0.2) is 0 Å². The van der Waals surface area contributed by atoms with Crippen molar-refractivity contribution in [1.29, 1.82) is 0 Å². The van der Waals surface area contributed by atoms with Crippen LogP contribution in [0.2, 0.25) is 5.02 Å². The van der Waals surface area contributed by atoms with Gasteiger partial charge in [0.2, 0.25) is 5.91 Å². The zero-order valence-electron chi connectivity index (χ0n) is 22.7. The third-order valence-corrected chi connectivity index (χ3v) is 8.05. The Morgan fingerprint density at radius 2 is 1.37 bits per heavy atom. The molecular weight excluding hydrogens is 576 g/mol. The highest BCUT2D eigenvalue weighted by atomic mass is 35.5. The molecule has 2 aliphatic heterocycles. The van der Waals surface area contributed by atoms with Gasteiger partial charge in [0.05, 0.1) is 35.8 Å². The number of ether oxygens (including phenoxy) is 1. The standard InChI is InChI=1S/C28H30ClF6N3O3/c1-26(2,18-12-19(27(30,31)32)14-20(13-18)28(33,34)35)24(39)36(3)23-16-38(25(40)37-8-10-41-11-9-37)15-22(23)17-4-6-21(29)7-5-17/h4-7,12-14,22-23H,8-11,15-16H2,1-3H3/t22-,23+/m0/s1. The van der Waals surface area contributed by atoms with E-state index in [1.165, 1.54) is 25.8 Å². The molecule has 2 heterocycles. The minimum atomic E-state index is -5.05. The summed E-state index contributed by atoms with van der Waals surface area (Å²) >= 11 is 6.06. The summed E-state index contributed by atoms with van der Waals surface area (Å²) in [6.07, 6.45) is -10.1. The molecule has 0 spiro atoms. The van der Waals surface area contributed by atoms with Gasteiger partial charge in [-0.25, -0.2) is 4.79 Å². The smallest absolute Gasteiger partial charge is 0.378 e. The molecule has 6 nitrogen and oxygen atoms in total. The number of carbonyl (C=O) groups is 2. The van der Waals surface area contributed by atoms with Gasteiger partial charge in [-0.15, -0.1) is 0 Å². The van der Waals surface area contributed by atoms with Gasteiger partial charge in [0, 0.05) is 44.2 Å². The lowest BCUT2D eigenvalue weighted by Gasteiger charge is -2.36. The maximum Gasteiger partial charge on any atom is 0.416 e. The Morgan fingerprint density at radius 3 is 1.88 bits per heavy atom. The highest BCUT2D eigenvalue weighted by molar-refractivity contribution is 6.30. The fourth-order valence-electron chi connectivity index (χ4n) is 5.36. The number of nitrogens with zero attached hydrogens (tertiary/aromatic N) is 3. The first-order valence-corrected chi connectivity index (χ1v) is 13.3. The van der Waals surface area contributed by atoms with Gasteiger partial charge in [-0.1, -0.05) is 23.7 Å². The van der Waals surface area contributed by atoms with Gasteiger partial charge in [-0.05, 0) is 55.3 Å². The van der Waals surface area contributed by atoms with Crippen LogP contribution in [0.1, 0.15) is 42.0 Å². The van der Waals surface area contributed by atoms with Crippen molar-refractivity contribution in [3.63, 3.8) is 0 Å². The molecule has 0 aliphatic carbocycles. The molecule has 0 N–H and O–H groups in total. The summed E-state index contributed by atoms with van der Waals surface area (Å²) in [4.78, 5) is 31.8. The minimum Gasteiger partial charge on any atom is -0.378 e. The number of amides is 3. The first-order chi connectivity index (χ1) is 19.0. The van der Waals surface area contributed by atoms with Crippen molar-refractivity contribution in [2.75, 3.05) is 46.4 Å². The highest BCUT2D eigenvalue weighted by Crippen LogP contribution is 2.40. The van der Waals surface area contributed by atoms with Crippen LogP contribution in [0.3, 0.4) is 0 Å². The zero-order valence-corrected chi connectivity index (χ0v) is 23.4. The predicted molar refractivity (Wildman–Crippen MR) is 140 cm³/mol. The molecule has 0 aromatic heterocycles. The normalized spacial score (nSPS) is 20.3. The molecule has 2 aromatic carbocycles. The van der Waals surface area contributed by atoms with Crippen LogP contribution in [0.4, 0.5) is 31.1 Å². The van der Waals surface area contributed by atoms with Gasteiger partial charge < -0.3 is 19.4 Å². The second-order valence-corrected chi connectivity index (χ2v) is 11.3. The summed E-state index contributed by atoms with van der Waals surface area (Å²) in [6.45, 7) is 4.57. The lowest BCUT2D eigenvalue weighted by Crippen LogP contribution is -2.50. The first-order valence-electron chi connectivity index (χ1n) is 12.9. The van der Waals surface area contributed by atoms with E-state index >= 15 is 0 Å². The molecule has 41 heavy (non-hydrogen) atoms. The number of benzene rings is 2. The number of morpholine rings is 1. The van der Waals surface area contributed by atoms with Gasteiger partial charge in [0.1, 0.15) is 0 Å². The molecule has 13 heteroatoms. The van der Waals surface area contributed by atoms with Crippen LogP contribution < -0.4 is 0 Å². The molecule has 2 fully saturated rings. The number of alkyl halides is 6. The Morgan fingerprint density at radius 1 is 0.854 bits per heavy atom. The highest BCUT2D eigenvalue weighted by Gasteiger charge is 2.46. The third kappa shape index (κ3) is 6.58. The van der Waals surface area contributed by atoms with Crippen molar-refractivity contribution in [1.82, 2.24) is 14.7 Å². The summed E-state index contributed by atoms with van der Waals surface area (Å²) in [7, 11) is 1.46. The fraction of sp³-hybridized carbons (Fsp3) is 0.500. The SMILES string of the molecule is CN(C(=O)C(C)(C)c1cc(C(F)(F)F)cc(C(F)(F)F)c1)[C@@H]1CN(C(=O)N2CCOCC2)C[C@H]1c1ccc(Cl)cc1. The van der Waals surface area contributed by atoms with Crippen LogP contribution in [0, 0.1) is 0 Å². The van der Waals surface area contributed by atoms with Crippen molar-refractivity contribution in [2.45, 2.75) is 43.6 Å². The molecule has 0 bridgehead atoms. The number of likely N-dealkylation sites (tertiary alicyclic amines) is 1. The van der Waals surface area contributed by atoms with Gasteiger partial charge in [-0.3, -0.25) is 4.79 Å². The van der Waals surface area contributed by atoms with Crippen LogP contribution in [0.15, 0.2) is 42.5 Å². The lowest BCUT2D eigenvalue weighted by molar-refractivity contribution is -0.144. The topological polar surface area (TPSA) is 53.1 Å². The van der Waals surface area contributed by atoms with E-state index in [9.17, 15) is 35.9 Å². The monoisotopic (exact) mass is 605 g/mol. The largest absolute Gasteiger partial charge is 0.416 e. The number of urea groups is 1. The van der Waals surface area contributed by atoms with E-state index in [4.69, 9.17) is 16.3 Å². The predicted octanol–water partition coefficient (Wildman–Crippen LogP) is 6.03. The van der Waals surface area contributed by atoms with E-state index in [1.54, 1.807) is 34.1 Å². The van der Waals surface area contributed by atoms with Crippen molar-refractivity contribution >= 4 is 23.5 Å². The van der Waals surface area contributed by atoms with E-state index in [2.05, 4.69) is 0 Å².